The van der Waals surface area contributed by atoms with Crippen LogP contribution in [0.2, 0.25) is 0 Å². The second kappa shape index (κ2) is 11.1. The van der Waals surface area contributed by atoms with Gasteiger partial charge < -0.3 is 4.57 Å². The second-order valence-corrected chi connectivity index (χ2v) is 13.0. The number of para-hydroxylation sites is 1. The molecule has 0 saturated heterocycles. The summed E-state index contributed by atoms with van der Waals surface area (Å²) in [4.78, 5) is 0. The molecular formula is C48H31N. The molecule has 1 nitrogen and oxygen atoms in total. The highest BCUT2D eigenvalue weighted by Crippen LogP contribution is 2.37. The molecule has 0 aliphatic rings. The van der Waals surface area contributed by atoms with E-state index in [1.54, 1.807) is 0 Å². The molecule has 10 rings (SSSR count). The van der Waals surface area contributed by atoms with Crippen LogP contribution in [0.5, 0.6) is 0 Å². The molecule has 0 saturated carbocycles. The number of benzene rings is 9. The highest BCUT2D eigenvalue weighted by molar-refractivity contribution is 6.11. The molecule has 0 aliphatic heterocycles. The Morgan fingerprint density at radius 1 is 0.245 bits per heavy atom. The van der Waals surface area contributed by atoms with Crippen LogP contribution in [0, 0.1) is 0 Å². The van der Waals surface area contributed by atoms with Crippen molar-refractivity contribution in [3.05, 3.63) is 188 Å². The monoisotopic (exact) mass is 621 g/mol. The zero-order valence-corrected chi connectivity index (χ0v) is 26.8. The van der Waals surface area contributed by atoms with Gasteiger partial charge in [-0.25, -0.2) is 0 Å². The van der Waals surface area contributed by atoms with E-state index < -0.39 is 0 Å². The van der Waals surface area contributed by atoms with E-state index in [9.17, 15) is 0 Å². The zero-order chi connectivity index (χ0) is 32.3. The van der Waals surface area contributed by atoms with Crippen LogP contribution in [0.25, 0.3) is 93.2 Å². The maximum Gasteiger partial charge on any atom is 0.0541 e. The van der Waals surface area contributed by atoms with Gasteiger partial charge in [-0.05, 0) is 108 Å². The van der Waals surface area contributed by atoms with Crippen LogP contribution in [0.1, 0.15) is 0 Å². The van der Waals surface area contributed by atoms with E-state index in [-0.39, 0.29) is 0 Å². The first kappa shape index (κ1) is 27.7. The molecule has 49 heavy (non-hydrogen) atoms. The first-order chi connectivity index (χ1) is 24.3. The molecular weight excluding hydrogens is 591 g/mol. The Bertz CT molecular complexity index is 2850. The summed E-state index contributed by atoms with van der Waals surface area (Å²) in [5, 5.41) is 10.2. The van der Waals surface area contributed by atoms with E-state index in [2.05, 4.69) is 193 Å². The fraction of sp³-hybridized carbons (Fsp3) is 0. The van der Waals surface area contributed by atoms with Gasteiger partial charge in [0.05, 0.1) is 11.0 Å². The lowest BCUT2D eigenvalue weighted by atomic mass is 9.95. The summed E-state index contributed by atoms with van der Waals surface area (Å²) in [6, 6.07) is 68.8. The predicted molar refractivity (Wildman–Crippen MR) is 210 cm³/mol. The van der Waals surface area contributed by atoms with Crippen LogP contribution in [0.3, 0.4) is 0 Å². The van der Waals surface area contributed by atoms with E-state index in [1.807, 2.05) is 0 Å². The van der Waals surface area contributed by atoms with Gasteiger partial charge in [-0.1, -0.05) is 146 Å². The molecule has 0 fully saturated rings. The average Bonchev–Trinajstić information content (AvgIpc) is 3.51. The third-order valence-corrected chi connectivity index (χ3v) is 10.2. The van der Waals surface area contributed by atoms with Crippen molar-refractivity contribution >= 4 is 54.1 Å². The molecule has 0 amide bonds. The summed E-state index contributed by atoms with van der Waals surface area (Å²) in [5.41, 5.74) is 10.9. The van der Waals surface area contributed by atoms with Crippen molar-refractivity contribution < 1.29 is 0 Å². The number of nitrogens with zero attached hydrogens (tertiary/aromatic N) is 1. The molecule has 0 spiro atoms. The lowest BCUT2D eigenvalue weighted by Gasteiger charge is -2.11. The van der Waals surface area contributed by atoms with Crippen molar-refractivity contribution in [2.45, 2.75) is 0 Å². The van der Waals surface area contributed by atoms with Crippen molar-refractivity contribution in [3.63, 3.8) is 0 Å². The fourth-order valence-corrected chi connectivity index (χ4v) is 7.64. The summed E-state index contributed by atoms with van der Waals surface area (Å²) in [5.74, 6) is 0. The van der Waals surface area contributed by atoms with Gasteiger partial charge >= 0.3 is 0 Å². The van der Waals surface area contributed by atoms with Gasteiger partial charge in [-0.15, -0.1) is 0 Å². The first-order valence-corrected chi connectivity index (χ1v) is 16.9. The van der Waals surface area contributed by atoms with Gasteiger partial charge in [-0.3, -0.25) is 0 Å². The Balaban J connectivity index is 1.01. The molecule has 10 aromatic rings. The standard InChI is InChI=1S/C48H31N/c1-2-9-38-29-39(21-17-32(38)7-1)35-23-26-42(27-24-35)49-47-12-6-5-11-44(47)46-31-41(25-28-48(46)49)34-15-13-33(14-16-34)40-22-20-37-19-18-36-8-3-4-10-43(36)45(37)30-40/h1-31H. The van der Waals surface area contributed by atoms with Crippen LogP contribution in [0.4, 0.5) is 0 Å². The van der Waals surface area contributed by atoms with Gasteiger partial charge in [-0.2, -0.15) is 0 Å². The van der Waals surface area contributed by atoms with Crippen LogP contribution in [-0.2, 0) is 0 Å². The lowest BCUT2D eigenvalue weighted by Crippen LogP contribution is -1.93. The smallest absolute Gasteiger partial charge is 0.0541 e. The lowest BCUT2D eigenvalue weighted by molar-refractivity contribution is 1.18. The minimum absolute atomic E-state index is 1.16. The first-order valence-electron chi connectivity index (χ1n) is 16.9. The normalized spacial score (nSPS) is 11.7. The largest absolute Gasteiger partial charge is 0.309 e. The topological polar surface area (TPSA) is 4.93 Å². The molecule has 0 bridgehead atoms. The Morgan fingerprint density at radius 3 is 1.43 bits per heavy atom. The molecule has 0 aliphatic carbocycles. The number of fused-ring (bicyclic) bond motifs is 7. The number of aromatic nitrogens is 1. The summed E-state index contributed by atoms with van der Waals surface area (Å²) in [7, 11) is 0. The highest BCUT2D eigenvalue weighted by atomic mass is 15.0. The predicted octanol–water partition coefficient (Wildman–Crippen LogP) is 13.2. The van der Waals surface area contributed by atoms with Crippen LogP contribution in [0.15, 0.2) is 188 Å². The maximum atomic E-state index is 2.39. The molecule has 228 valence electrons. The summed E-state index contributed by atoms with van der Waals surface area (Å²) in [6.45, 7) is 0. The summed E-state index contributed by atoms with van der Waals surface area (Å²) in [6.07, 6.45) is 0. The Labute approximate surface area is 284 Å². The van der Waals surface area contributed by atoms with Gasteiger partial charge in [0.25, 0.3) is 0 Å². The molecule has 9 aromatic carbocycles. The zero-order valence-electron chi connectivity index (χ0n) is 26.8. The Kier molecular flexibility index (Phi) is 6.25. The molecule has 0 radical (unpaired) electrons. The van der Waals surface area contributed by atoms with Gasteiger partial charge in [0.2, 0.25) is 0 Å². The average molecular weight is 622 g/mol. The van der Waals surface area contributed by atoms with E-state index >= 15 is 0 Å². The van der Waals surface area contributed by atoms with E-state index in [4.69, 9.17) is 0 Å². The summed E-state index contributed by atoms with van der Waals surface area (Å²) >= 11 is 0. The van der Waals surface area contributed by atoms with Crippen LogP contribution in [-0.4, -0.2) is 4.57 Å². The maximum absolute atomic E-state index is 2.39. The molecule has 0 N–H and O–H groups in total. The number of hydrogen-bond donors (Lipinski definition) is 0. The van der Waals surface area contributed by atoms with Crippen molar-refractivity contribution in [2.75, 3.05) is 0 Å². The molecule has 1 heteroatoms. The molecule has 1 aromatic heterocycles. The molecule has 0 unspecified atom stereocenters. The Hall–Kier alpha value is -6.44. The van der Waals surface area contributed by atoms with Gasteiger partial charge in [0, 0.05) is 16.5 Å². The second-order valence-electron chi connectivity index (χ2n) is 13.0. The quantitative estimate of drug-likeness (QED) is 0.172. The van der Waals surface area contributed by atoms with E-state index in [1.165, 1.54) is 87.5 Å². The number of hydrogen-bond acceptors (Lipinski definition) is 0. The van der Waals surface area contributed by atoms with Crippen molar-refractivity contribution in [1.82, 2.24) is 4.57 Å². The van der Waals surface area contributed by atoms with Gasteiger partial charge in [0.1, 0.15) is 0 Å². The van der Waals surface area contributed by atoms with Crippen LogP contribution >= 0.6 is 0 Å². The van der Waals surface area contributed by atoms with E-state index in [0.717, 1.165) is 5.69 Å². The van der Waals surface area contributed by atoms with E-state index in [0.29, 0.717) is 0 Å². The highest BCUT2D eigenvalue weighted by Gasteiger charge is 2.14. The van der Waals surface area contributed by atoms with Gasteiger partial charge in [0.15, 0.2) is 0 Å². The molecule has 1 heterocycles. The van der Waals surface area contributed by atoms with Crippen LogP contribution < -0.4 is 0 Å². The summed E-state index contributed by atoms with van der Waals surface area (Å²) < 4.78 is 2.39. The minimum atomic E-state index is 1.16. The van der Waals surface area contributed by atoms with Crippen molar-refractivity contribution in [1.29, 1.82) is 0 Å². The fourth-order valence-electron chi connectivity index (χ4n) is 7.64. The Morgan fingerprint density at radius 2 is 0.694 bits per heavy atom. The third-order valence-electron chi connectivity index (χ3n) is 10.2. The molecule has 0 atom stereocenters. The van der Waals surface area contributed by atoms with Crippen molar-refractivity contribution in [3.8, 4) is 39.1 Å². The van der Waals surface area contributed by atoms with Crippen molar-refractivity contribution in [2.24, 2.45) is 0 Å². The minimum Gasteiger partial charge on any atom is -0.309 e. The number of rotatable bonds is 4. The SMILES string of the molecule is c1ccc2cc(-c3ccc(-n4c5ccccc5c5cc(-c6ccc(-c7ccc8ccc9ccccc9c8c7)cc6)ccc54)cc3)ccc2c1. The third kappa shape index (κ3) is 4.63.